The van der Waals surface area contributed by atoms with Crippen molar-refractivity contribution in [1.29, 1.82) is 0 Å². The molecule has 0 aliphatic rings. The Morgan fingerprint density at radius 1 is 0.328 bits per heavy atom. The zero-order valence-corrected chi connectivity index (χ0v) is 34.1. The number of aromatic nitrogens is 1. The standard InChI is InChI=1S/C58H38N2S/c1-3-14-39(15-4-1)43-19-13-20-44(36-43)40-26-31-47(32-27-40)59(55-37-46-18-7-8-21-49(46)50-22-9-10-23-51(50)55)48-33-28-41(29-34-48)45-30-35-54-56(38-45)61-58-57(42-16-5-2-6-17-42)52-24-11-12-25-53(52)60(54)58/h1-38H. The number of benzene rings is 10. The molecular formula is C58H38N2S. The van der Waals surface area contributed by atoms with E-state index in [1.807, 2.05) is 11.3 Å². The van der Waals surface area contributed by atoms with Gasteiger partial charge < -0.3 is 4.90 Å². The van der Waals surface area contributed by atoms with Crippen LogP contribution in [0.25, 0.3) is 92.0 Å². The van der Waals surface area contributed by atoms with Crippen molar-refractivity contribution in [3.8, 4) is 44.5 Å². The summed E-state index contributed by atoms with van der Waals surface area (Å²) in [5.74, 6) is 0. The number of hydrogen-bond donors (Lipinski definition) is 0. The van der Waals surface area contributed by atoms with E-state index < -0.39 is 0 Å². The Kier molecular flexibility index (Phi) is 8.39. The number of nitrogens with zero attached hydrogens (tertiary/aromatic N) is 2. The third-order valence-electron chi connectivity index (χ3n) is 12.2. The molecule has 3 heteroatoms. The Labute approximate surface area is 358 Å². The lowest BCUT2D eigenvalue weighted by Crippen LogP contribution is -2.10. The monoisotopic (exact) mass is 794 g/mol. The van der Waals surface area contributed by atoms with E-state index in [1.165, 1.54) is 92.0 Å². The van der Waals surface area contributed by atoms with E-state index in [2.05, 4.69) is 240 Å². The first-order valence-corrected chi connectivity index (χ1v) is 21.6. The molecule has 61 heavy (non-hydrogen) atoms. The van der Waals surface area contributed by atoms with Gasteiger partial charge in [0.15, 0.2) is 0 Å². The van der Waals surface area contributed by atoms with Crippen molar-refractivity contribution in [3.63, 3.8) is 0 Å². The van der Waals surface area contributed by atoms with Crippen LogP contribution in [-0.2, 0) is 0 Å². The molecule has 0 spiro atoms. The fourth-order valence-corrected chi connectivity index (χ4v) is 10.5. The molecule has 10 aromatic carbocycles. The van der Waals surface area contributed by atoms with Crippen LogP contribution in [0.3, 0.4) is 0 Å². The van der Waals surface area contributed by atoms with E-state index in [-0.39, 0.29) is 0 Å². The van der Waals surface area contributed by atoms with Gasteiger partial charge in [-0.1, -0.05) is 176 Å². The minimum atomic E-state index is 1.11. The van der Waals surface area contributed by atoms with Crippen LogP contribution in [0.15, 0.2) is 231 Å². The smallest absolute Gasteiger partial charge is 0.109 e. The van der Waals surface area contributed by atoms with E-state index in [4.69, 9.17) is 0 Å². The van der Waals surface area contributed by atoms with Crippen LogP contribution in [0.4, 0.5) is 17.1 Å². The molecule has 2 nitrogen and oxygen atoms in total. The molecule has 0 unspecified atom stereocenters. The maximum Gasteiger partial charge on any atom is 0.109 e. The van der Waals surface area contributed by atoms with Gasteiger partial charge in [0.1, 0.15) is 4.83 Å². The van der Waals surface area contributed by atoms with E-state index in [1.54, 1.807) is 0 Å². The summed E-state index contributed by atoms with van der Waals surface area (Å²) in [6.45, 7) is 0. The fraction of sp³-hybridized carbons (Fsp3) is 0. The van der Waals surface area contributed by atoms with Gasteiger partial charge in [-0.15, -0.1) is 11.3 Å². The second-order valence-corrected chi connectivity index (χ2v) is 16.8. The molecular weight excluding hydrogens is 757 g/mol. The third-order valence-corrected chi connectivity index (χ3v) is 13.3. The molecule has 12 aromatic rings. The zero-order valence-electron chi connectivity index (χ0n) is 33.2. The first kappa shape index (κ1) is 35.2. The van der Waals surface area contributed by atoms with Gasteiger partial charge in [0, 0.05) is 27.7 Å². The first-order chi connectivity index (χ1) is 30.2. The number of thiazole rings is 1. The molecule has 0 aliphatic heterocycles. The molecule has 0 saturated carbocycles. The summed E-state index contributed by atoms with van der Waals surface area (Å²) >= 11 is 1.88. The highest BCUT2D eigenvalue weighted by Crippen LogP contribution is 2.45. The Morgan fingerprint density at radius 3 is 1.52 bits per heavy atom. The number of para-hydroxylation sites is 1. The van der Waals surface area contributed by atoms with Gasteiger partial charge in [-0.2, -0.15) is 0 Å². The number of anilines is 3. The van der Waals surface area contributed by atoms with Crippen LogP contribution in [-0.4, -0.2) is 4.40 Å². The molecule has 0 aliphatic carbocycles. The van der Waals surface area contributed by atoms with Crippen LogP contribution in [0.2, 0.25) is 0 Å². The van der Waals surface area contributed by atoms with Gasteiger partial charge in [-0.25, -0.2) is 0 Å². The molecule has 286 valence electrons. The molecule has 12 rings (SSSR count). The first-order valence-electron chi connectivity index (χ1n) is 20.8. The van der Waals surface area contributed by atoms with Crippen LogP contribution >= 0.6 is 11.3 Å². The summed E-state index contributed by atoms with van der Waals surface area (Å²) in [7, 11) is 0. The summed E-state index contributed by atoms with van der Waals surface area (Å²) in [6, 6.07) is 84.0. The van der Waals surface area contributed by atoms with Crippen molar-refractivity contribution in [2.45, 2.75) is 0 Å². The lowest BCUT2D eigenvalue weighted by atomic mass is 9.97. The highest BCUT2D eigenvalue weighted by atomic mass is 32.1. The van der Waals surface area contributed by atoms with Crippen LogP contribution in [0, 0.1) is 0 Å². The summed E-state index contributed by atoms with van der Waals surface area (Å²) in [5, 5.41) is 6.23. The fourth-order valence-electron chi connectivity index (χ4n) is 9.26. The van der Waals surface area contributed by atoms with Gasteiger partial charge in [0.2, 0.25) is 0 Å². The molecule has 0 atom stereocenters. The second-order valence-electron chi connectivity index (χ2n) is 15.7. The lowest BCUT2D eigenvalue weighted by Gasteiger charge is -2.28. The molecule has 0 radical (unpaired) electrons. The van der Waals surface area contributed by atoms with Crippen LogP contribution in [0.5, 0.6) is 0 Å². The van der Waals surface area contributed by atoms with E-state index in [0.29, 0.717) is 0 Å². The minimum Gasteiger partial charge on any atom is -0.310 e. The maximum absolute atomic E-state index is 2.45. The highest BCUT2D eigenvalue weighted by molar-refractivity contribution is 7.24. The van der Waals surface area contributed by atoms with Gasteiger partial charge >= 0.3 is 0 Å². The molecule has 0 fully saturated rings. The quantitative estimate of drug-likeness (QED) is 0.146. The predicted octanol–water partition coefficient (Wildman–Crippen LogP) is 16.8. The van der Waals surface area contributed by atoms with Gasteiger partial charge in [-0.05, 0) is 110 Å². The Balaban J connectivity index is 0.963. The Hall–Kier alpha value is -7.72. The summed E-state index contributed by atoms with van der Waals surface area (Å²) in [4.78, 5) is 3.70. The van der Waals surface area contributed by atoms with Crippen LogP contribution < -0.4 is 4.90 Å². The normalized spacial score (nSPS) is 11.6. The summed E-state index contributed by atoms with van der Waals surface area (Å²) in [6.07, 6.45) is 0. The SMILES string of the molecule is c1ccc(-c2cccc(-c3ccc(N(c4ccc(-c5ccc6c(c5)sc5c(-c7ccccc7)c7ccccc7n56)cc4)c4cc5ccccc5c5ccccc45)cc3)c2)cc1. The van der Waals surface area contributed by atoms with Crippen molar-refractivity contribution in [3.05, 3.63) is 231 Å². The van der Waals surface area contributed by atoms with Crippen molar-refractivity contribution < 1.29 is 0 Å². The van der Waals surface area contributed by atoms with Crippen LogP contribution in [0.1, 0.15) is 0 Å². The maximum atomic E-state index is 2.45. The van der Waals surface area contributed by atoms with E-state index in [9.17, 15) is 0 Å². The summed E-state index contributed by atoms with van der Waals surface area (Å²) in [5.41, 5.74) is 15.6. The average Bonchev–Trinajstić information content (AvgIpc) is 3.87. The number of fused-ring (bicyclic) bond motifs is 8. The minimum absolute atomic E-state index is 1.11. The van der Waals surface area contributed by atoms with Crippen molar-refractivity contribution in [2.24, 2.45) is 0 Å². The molecule has 0 N–H and O–H groups in total. The van der Waals surface area contributed by atoms with Crippen molar-refractivity contribution in [1.82, 2.24) is 4.40 Å². The van der Waals surface area contributed by atoms with E-state index >= 15 is 0 Å². The Bertz CT molecular complexity index is 3560. The molecule has 0 saturated heterocycles. The highest BCUT2D eigenvalue weighted by Gasteiger charge is 2.20. The molecule has 2 aromatic heterocycles. The summed E-state index contributed by atoms with van der Waals surface area (Å²) < 4.78 is 3.72. The van der Waals surface area contributed by atoms with Crippen molar-refractivity contribution in [2.75, 3.05) is 4.90 Å². The average molecular weight is 795 g/mol. The number of rotatable bonds is 7. The van der Waals surface area contributed by atoms with E-state index in [0.717, 1.165) is 17.1 Å². The molecule has 0 amide bonds. The van der Waals surface area contributed by atoms with Gasteiger partial charge in [0.05, 0.1) is 21.4 Å². The zero-order chi connectivity index (χ0) is 40.3. The number of hydrogen-bond acceptors (Lipinski definition) is 2. The molecule has 0 bridgehead atoms. The second kappa shape index (κ2) is 14.5. The van der Waals surface area contributed by atoms with Gasteiger partial charge in [0.25, 0.3) is 0 Å². The largest absolute Gasteiger partial charge is 0.310 e. The Morgan fingerprint density at radius 2 is 0.836 bits per heavy atom. The predicted molar refractivity (Wildman–Crippen MR) is 262 cm³/mol. The third kappa shape index (κ3) is 6.01. The lowest BCUT2D eigenvalue weighted by molar-refractivity contribution is 1.30. The molecule has 2 heterocycles. The topological polar surface area (TPSA) is 7.65 Å². The van der Waals surface area contributed by atoms with Crippen molar-refractivity contribution >= 4 is 75.9 Å². The van der Waals surface area contributed by atoms with Gasteiger partial charge in [-0.3, -0.25) is 4.40 Å².